The summed E-state index contributed by atoms with van der Waals surface area (Å²) in [6.07, 6.45) is 1.44. The van der Waals surface area contributed by atoms with Crippen molar-refractivity contribution in [3.05, 3.63) is 46.3 Å². The van der Waals surface area contributed by atoms with E-state index >= 15 is 0 Å². The summed E-state index contributed by atoms with van der Waals surface area (Å²) in [5, 5.41) is 17.4. The number of nitrogens with zero attached hydrogens (tertiary/aromatic N) is 3. The number of nitro groups is 1. The van der Waals surface area contributed by atoms with Gasteiger partial charge in [-0.05, 0) is 57.9 Å². The predicted molar refractivity (Wildman–Crippen MR) is 118 cm³/mol. The number of benzene rings is 1. The summed E-state index contributed by atoms with van der Waals surface area (Å²) < 4.78 is 14.9. The number of nitrogens with two attached hydrogens (primary N) is 1. The van der Waals surface area contributed by atoms with Gasteiger partial charge in [0.05, 0.1) is 16.5 Å². The minimum absolute atomic E-state index is 0.0122. The highest BCUT2D eigenvalue weighted by Gasteiger charge is 2.26. The Morgan fingerprint density at radius 3 is 2.68 bits per heavy atom. The molecular weight excluding hydrogens is 403 g/mol. The molecule has 0 bridgehead atoms. The molecule has 4 N–H and O–H groups in total. The van der Waals surface area contributed by atoms with Crippen LogP contribution in [0.15, 0.2) is 30.3 Å². The maximum atomic E-state index is 14.9. The minimum Gasteiger partial charge on any atom is -0.369 e. The quantitative estimate of drug-likeness (QED) is 0.470. The Hall–Kier alpha value is -3.43. The molecule has 1 atom stereocenters. The van der Waals surface area contributed by atoms with Crippen LogP contribution in [0.4, 0.5) is 33.1 Å². The number of hydrogen-bond donors (Lipinski definition) is 3. The Bertz CT molecular complexity index is 992. The van der Waals surface area contributed by atoms with E-state index < -0.39 is 10.7 Å². The molecule has 9 nitrogen and oxygen atoms in total. The van der Waals surface area contributed by atoms with Gasteiger partial charge in [0.1, 0.15) is 11.6 Å². The van der Waals surface area contributed by atoms with E-state index in [4.69, 9.17) is 5.73 Å². The number of pyridine rings is 1. The molecule has 3 rings (SSSR count). The van der Waals surface area contributed by atoms with Gasteiger partial charge in [0, 0.05) is 30.4 Å². The van der Waals surface area contributed by atoms with E-state index in [-0.39, 0.29) is 28.9 Å². The molecule has 166 valence electrons. The molecule has 0 radical (unpaired) electrons. The lowest BCUT2D eigenvalue weighted by molar-refractivity contribution is -0.384. The standard InChI is InChI=1S/C21H27FN6O3/c1-21(2,3)26-18-9-8-17(28(30)31)20(25-18)24-14-6-7-16(15(22)11-14)27-10-4-5-13(12-27)19(23)29/h6-9,11,13H,4-5,10,12H2,1-3H3,(H2,23,29)(H2,24,25,26). The number of halogens is 1. The maximum Gasteiger partial charge on any atom is 0.311 e. The molecule has 1 aliphatic heterocycles. The van der Waals surface area contributed by atoms with Crippen LogP contribution in [0, 0.1) is 21.8 Å². The van der Waals surface area contributed by atoms with Crippen molar-refractivity contribution in [2.75, 3.05) is 28.6 Å². The summed E-state index contributed by atoms with van der Waals surface area (Å²) in [4.78, 5) is 28.5. The number of aromatic nitrogens is 1. The van der Waals surface area contributed by atoms with Gasteiger partial charge in [0.2, 0.25) is 11.7 Å². The topological polar surface area (TPSA) is 126 Å². The third-order valence-electron chi connectivity index (χ3n) is 4.95. The second-order valence-electron chi connectivity index (χ2n) is 8.68. The molecule has 1 amide bonds. The van der Waals surface area contributed by atoms with E-state index in [2.05, 4.69) is 15.6 Å². The van der Waals surface area contributed by atoms with Crippen LogP contribution in [-0.4, -0.2) is 34.4 Å². The molecular formula is C21H27FN6O3. The SMILES string of the molecule is CC(C)(C)Nc1ccc([N+](=O)[O-])c(Nc2ccc(N3CCCC(C(N)=O)C3)c(F)c2)n1. The van der Waals surface area contributed by atoms with Crippen LogP contribution in [0.5, 0.6) is 0 Å². The van der Waals surface area contributed by atoms with Gasteiger partial charge in [-0.15, -0.1) is 0 Å². The number of primary amides is 1. The van der Waals surface area contributed by atoms with Gasteiger partial charge in [-0.3, -0.25) is 14.9 Å². The molecule has 2 heterocycles. The van der Waals surface area contributed by atoms with Gasteiger partial charge in [-0.25, -0.2) is 9.37 Å². The lowest BCUT2D eigenvalue weighted by atomic mass is 9.97. The Kier molecular flexibility index (Phi) is 6.28. The fourth-order valence-corrected chi connectivity index (χ4v) is 3.55. The van der Waals surface area contributed by atoms with Crippen LogP contribution in [0.25, 0.3) is 0 Å². The molecule has 0 aliphatic carbocycles. The van der Waals surface area contributed by atoms with E-state index in [1.165, 1.54) is 18.2 Å². The lowest BCUT2D eigenvalue weighted by Crippen LogP contribution is -2.41. The molecule has 1 aliphatic rings. The van der Waals surface area contributed by atoms with Crippen molar-refractivity contribution < 1.29 is 14.1 Å². The van der Waals surface area contributed by atoms with Gasteiger partial charge >= 0.3 is 5.69 Å². The second-order valence-corrected chi connectivity index (χ2v) is 8.68. The van der Waals surface area contributed by atoms with Gasteiger partial charge in [0.25, 0.3) is 0 Å². The average Bonchev–Trinajstić information content (AvgIpc) is 2.67. The molecule has 1 saturated heterocycles. The number of hydrogen-bond acceptors (Lipinski definition) is 7. The summed E-state index contributed by atoms with van der Waals surface area (Å²) in [5.74, 6) is -0.718. The number of anilines is 4. The largest absolute Gasteiger partial charge is 0.369 e. The van der Waals surface area contributed by atoms with Crippen LogP contribution < -0.4 is 21.3 Å². The van der Waals surface area contributed by atoms with E-state index in [1.807, 2.05) is 20.8 Å². The van der Waals surface area contributed by atoms with Crippen LogP contribution in [0.1, 0.15) is 33.6 Å². The van der Waals surface area contributed by atoms with Crippen molar-refractivity contribution in [1.29, 1.82) is 0 Å². The Balaban J connectivity index is 1.84. The van der Waals surface area contributed by atoms with E-state index in [1.54, 1.807) is 17.0 Å². The van der Waals surface area contributed by atoms with Crippen molar-refractivity contribution in [3.8, 4) is 0 Å². The number of piperidine rings is 1. The molecule has 1 fully saturated rings. The van der Waals surface area contributed by atoms with Crippen molar-refractivity contribution in [2.24, 2.45) is 11.7 Å². The summed E-state index contributed by atoms with van der Waals surface area (Å²) in [7, 11) is 0. The van der Waals surface area contributed by atoms with Crippen molar-refractivity contribution >= 4 is 34.6 Å². The Morgan fingerprint density at radius 2 is 2.06 bits per heavy atom. The van der Waals surface area contributed by atoms with Gasteiger partial charge in [-0.2, -0.15) is 0 Å². The van der Waals surface area contributed by atoms with Crippen LogP contribution >= 0.6 is 0 Å². The minimum atomic E-state index is -0.543. The maximum absolute atomic E-state index is 14.9. The van der Waals surface area contributed by atoms with E-state index in [0.29, 0.717) is 36.7 Å². The average molecular weight is 430 g/mol. The Labute approximate surface area is 180 Å². The zero-order chi connectivity index (χ0) is 22.8. The molecule has 31 heavy (non-hydrogen) atoms. The summed E-state index contributed by atoms with van der Waals surface area (Å²) in [5.41, 5.74) is 5.59. The first-order valence-corrected chi connectivity index (χ1v) is 10.1. The third-order valence-corrected chi connectivity index (χ3v) is 4.95. The van der Waals surface area contributed by atoms with Gasteiger partial charge in [0.15, 0.2) is 0 Å². The molecule has 1 aromatic heterocycles. The van der Waals surface area contributed by atoms with Crippen molar-refractivity contribution in [2.45, 2.75) is 39.2 Å². The fraction of sp³-hybridized carbons (Fsp3) is 0.429. The van der Waals surface area contributed by atoms with Crippen molar-refractivity contribution in [1.82, 2.24) is 4.98 Å². The summed E-state index contributed by atoms with van der Waals surface area (Å²) in [6, 6.07) is 7.36. The highest BCUT2D eigenvalue weighted by Crippen LogP contribution is 2.31. The number of rotatable bonds is 6. The summed E-state index contributed by atoms with van der Waals surface area (Å²) >= 11 is 0. The van der Waals surface area contributed by atoms with Crippen LogP contribution in [0.3, 0.4) is 0 Å². The number of nitrogens with one attached hydrogen (secondary N) is 2. The smallest absolute Gasteiger partial charge is 0.311 e. The second kappa shape index (κ2) is 8.75. The van der Waals surface area contributed by atoms with Crippen LogP contribution in [-0.2, 0) is 4.79 Å². The normalized spacial score (nSPS) is 16.6. The highest BCUT2D eigenvalue weighted by atomic mass is 19.1. The first kappa shape index (κ1) is 22.3. The van der Waals surface area contributed by atoms with E-state index in [0.717, 1.165) is 6.42 Å². The zero-order valence-electron chi connectivity index (χ0n) is 17.8. The molecule has 0 spiro atoms. The summed E-state index contributed by atoms with van der Waals surface area (Å²) in [6.45, 7) is 6.83. The van der Waals surface area contributed by atoms with E-state index in [9.17, 15) is 19.3 Å². The monoisotopic (exact) mass is 430 g/mol. The molecule has 1 unspecified atom stereocenters. The lowest BCUT2D eigenvalue weighted by Gasteiger charge is -2.33. The highest BCUT2D eigenvalue weighted by molar-refractivity contribution is 5.78. The molecule has 2 aromatic rings. The first-order chi connectivity index (χ1) is 14.5. The third kappa shape index (κ3) is 5.59. The first-order valence-electron chi connectivity index (χ1n) is 10.1. The van der Waals surface area contributed by atoms with Gasteiger partial charge < -0.3 is 21.3 Å². The number of carbonyl (C=O) groups is 1. The van der Waals surface area contributed by atoms with Gasteiger partial charge in [-0.1, -0.05) is 0 Å². The Morgan fingerprint density at radius 1 is 1.32 bits per heavy atom. The predicted octanol–water partition coefficient (Wildman–Crippen LogP) is 3.78. The number of carbonyl (C=O) groups excluding carboxylic acids is 1. The zero-order valence-corrected chi connectivity index (χ0v) is 17.8. The fourth-order valence-electron chi connectivity index (χ4n) is 3.55. The van der Waals surface area contributed by atoms with Crippen LogP contribution in [0.2, 0.25) is 0 Å². The van der Waals surface area contributed by atoms with Crippen molar-refractivity contribution in [3.63, 3.8) is 0 Å². The molecule has 1 aromatic carbocycles. The number of amides is 1. The molecule has 0 saturated carbocycles. The molecule has 10 heteroatoms.